The summed E-state index contributed by atoms with van der Waals surface area (Å²) in [4.78, 5) is 2.50. The van der Waals surface area contributed by atoms with Crippen molar-refractivity contribution < 1.29 is 9.84 Å². The van der Waals surface area contributed by atoms with Crippen molar-refractivity contribution in [1.29, 1.82) is 0 Å². The van der Waals surface area contributed by atoms with Crippen molar-refractivity contribution in [2.45, 2.75) is 52.2 Å². The van der Waals surface area contributed by atoms with Gasteiger partial charge in [0.25, 0.3) is 0 Å². The van der Waals surface area contributed by atoms with Crippen LogP contribution in [0.25, 0.3) is 0 Å². The number of nitrogens with zero attached hydrogens (tertiary/aromatic N) is 1. The second kappa shape index (κ2) is 8.97. The first-order chi connectivity index (χ1) is 13.7. The number of ether oxygens (including phenoxy) is 1. The Bertz CT molecular complexity index is 791. The predicted octanol–water partition coefficient (Wildman–Crippen LogP) is 6.35. The van der Waals surface area contributed by atoms with Gasteiger partial charge in [0.15, 0.2) is 11.5 Å². The van der Waals surface area contributed by atoms with Crippen LogP contribution in [-0.2, 0) is 6.54 Å². The number of piperidine rings is 1. The van der Waals surface area contributed by atoms with Crippen LogP contribution in [0.5, 0.6) is 11.5 Å². The number of likely N-dealkylation sites (tertiary alicyclic amines) is 1. The Balaban J connectivity index is 1.74. The standard InChI is InChI=1S/C25H33ClNO2/c1-5-25(24(2,3)4,29-23-9-7-6-8-22(23)28)20-14-16-27(17-15-20)18-19-10-12-21(26)13-11-19/h6-13,20,28H,1,5,14-18H2,2-4H3. The van der Waals surface area contributed by atoms with E-state index in [9.17, 15) is 5.11 Å². The molecule has 3 nitrogen and oxygen atoms in total. The zero-order valence-electron chi connectivity index (χ0n) is 17.8. The van der Waals surface area contributed by atoms with E-state index < -0.39 is 5.60 Å². The van der Waals surface area contributed by atoms with Gasteiger partial charge in [0.05, 0.1) is 0 Å². The molecule has 157 valence electrons. The highest BCUT2D eigenvalue weighted by Gasteiger charge is 2.50. The van der Waals surface area contributed by atoms with Crippen LogP contribution >= 0.6 is 11.6 Å². The van der Waals surface area contributed by atoms with Crippen LogP contribution in [0.4, 0.5) is 0 Å². The maximum Gasteiger partial charge on any atom is 0.161 e. The van der Waals surface area contributed by atoms with E-state index in [0.29, 0.717) is 18.1 Å². The van der Waals surface area contributed by atoms with Gasteiger partial charge in [0.2, 0.25) is 0 Å². The highest BCUT2D eigenvalue weighted by atomic mass is 35.5. The van der Waals surface area contributed by atoms with Crippen LogP contribution in [0.1, 0.15) is 45.6 Å². The summed E-state index contributed by atoms with van der Waals surface area (Å²) in [5, 5.41) is 11.1. The van der Waals surface area contributed by atoms with Gasteiger partial charge in [-0.05, 0) is 69.1 Å². The van der Waals surface area contributed by atoms with E-state index in [0.717, 1.165) is 37.5 Å². The fourth-order valence-corrected chi connectivity index (χ4v) is 4.75. The second-order valence-electron chi connectivity index (χ2n) is 9.14. The largest absolute Gasteiger partial charge is 0.504 e. The van der Waals surface area contributed by atoms with Crippen LogP contribution in [0, 0.1) is 18.3 Å². The lowest BCUT2D eigenvalue weighted by molar-refractivity contribution is -0.0977. The topological polar surface area (TPSA) is 32.7 Å². The molecule has 1 unspecified atom stereocenters. The smallest absolute Gasteiger partial charge is 0.161 e. The van der Waals surface area contributed by atoms with Crippen molar-refractivity contribution in [2.75, 3.05) is 13.1 Å². The lowest BCUT2D eigenvalue weighted by Gasteiger charge is -2.51. The normalized spacial score (nSPS) is 18.4. The number of rotatable bonds is 6. The highest BCUT2D eigenvalue weighted by Crippen LogP contribution is 2.48. The number of halogens is 1. The average Bonchev–Trinajstić information content (AvgIpc) is 2.69. The molecule has 1 heterocycles. The predicted molar refractivity (Wildman–Crippen MR) is 120 cm³/mol. The highest BCUT2D eigenvalue weighted by molar-refractivity contribution is 6.30. The first kappa shape index (κ1) is 22.0. The van der Waals surface area contributed by atoms with Crippen molar-refractivity contribution in [3.63, 3.8) is 0 Å². The lowest BCUT2D eigenvalue weighted by atomic mass is 9.64. The van der Waals surface area contributed by atoms with Gasteiger partial charge < -0.3 is 9.84 Å². The first-order valence-corrected chi connectivity index (χ1v) is 10.9. The maximum absolute atomic E-state index is 10.3. The van der Waals surface area contributed by atoms with Crippen molar-refractivity contribution in [3.8, 4) is 11.5 Å². The van der Waals surface area contributed by atoms with E-state index in [2.05, 4.69) is 44.7 Å². The van der Waals surface area contributed by atoms with Gasteiger partial charge in [-0.2, -0.15) is 0 Å². The minimum Gasteiger partial charge on any atom is -0.504 e. The second-order valence-corrected chi connectivity index (χ2v) is 9.57. The Morgan fingerprint density at radius 3 is 2.24 bits per heavy atom. The Labute approximate surface area is 180 Å². The van der Waals surface area contributed by atoms with Gasteiger partial charge in [0.1, 0.15) is 5.60 Å². The van der Waals surface area contributed by atoms with Crippen LogP contribution in [0.2, 0.25) is 5.02 Å². The molecule has 3 rings (SSSR count). The monoisotopic (exact) mass is 414 g/mol. The van der Waals surface area contributed by atoms with E-state index in [1.165, 1.54) is 5.56 Å². The molecule has 1 aliphatic rings. The SMILES string of the molecule is [CH2]CC(Oc1ccccc1O)(C1CCN(Cc2ccc(Cl)cc2)CC1)C(C)(C)C. The summed E-state index contributed by atoms with van der Waals surface area (Å²) in [7, 11) is 0. The molecule has 1 aliphatic heterocycles. The van der Waals surface area contributed by atoms with Crippen LogP contribution < -0.4 is 4.74 Å². The number of hydrogen-bond donors (Lipinski definition) is 1. The molecule has 0 aliphatic carbocycles. The fraction of sp³-hybridized carbons (Fsp3) is 0.480. The lowest BCUT2D eigenvalue weighted by Crippen LogP contribution is -2.56. The summed E-state index contributed by atoms with van der Waals surface area (Å²) in [6.45, 7) is 13.9. The van der Waals surface area contributed by atoms with Crippen molar-refractivity contribution in [1.82, 2.24) is 4.90 Å². The summed E-state index contributed by atoms with van der Waals surface area (Å²) in [5.41, 5.74) is 0.746. The van der Waals surface area contributed by atoms with E-state index in [1.54, 1.807) is 6.07 Å². The maximum atomic E-state index is 10.3. The fourth-order valence-electron chi connectivity index (χ4n) is 4.62. The van der Waals surface area contributed by atoms with Gasteiger partial charge in [-0.1, -0.05) is 56.6 Å². The molecule has 0 bridgehead atoms. The van der Waals surface area contributed by atoms with E-state index >= 15 is 0 Å². The summed E-state index contributed by atoms with van der Waals surface area (Å²) >= 11 is 6.01. The zero-order valence-corrected chi connectivity index (χ0v) is 18.6. The van der Waals surface area contributed by atoms with Crippen molar-refractivity contribution >= 4 is 11.6 Å². The third-order valence-electron chi connectivity index (χ3n) is 6.36. The number of phenolic OH excluding ortho intramolecular Hbond substituents is 1. The minimum atomic E-state index is -0.432. The van der Waals surface area contributed by atoms with Crippen LogP contribution in [0.3, 0.4) is 0 Å². The Kier molecular flexibility index (Phi) is 6.80. The molecule has 0 saturated carbocycles. The molecule has 1 radical (unpaired) electrons. The number of phenols is 1. The van der Waals surface area contributed by atoms with Crippen molar-refractivity contribution in [2.24, 2.45) is 11.3 Å². The van der Waals surface area contributed by atoms with Crippen LogP contribution in [0.15, 0.2) is 48.5 Å². The third kappa shape index (κ3) is 4.90. The Morgan fingerprint density at radius 1 is 1.07 bits per heavy atom. The third-order valence-corrected chi connectivity index (χ3v) is 6.62. The molecular weight excluding hydrogens is 382 g/mol. The molecule has 1 saturated heterocycles. The molecule has 0 spiro atoms. The summed E-state index contributed by atoms with van der Waals surface area (Å²) in [6.07, 6.45) is 2.76. The first-order valence-electron chi connectivity index (χ1n) is 10.5. The van der Waals surface area contributed by atoms with Crippen LogP contribution in [-0.4, -0.2) is 28.7 Å². The average molecular weight is 415 g/mol. The number of benzene rings is 2. The molecule has 2 aromatic carbocycles. The molecule has 1 atom stereocenters. The molecule has 0 amide bonds. The summed E-state index contributed by atoms with van der Waals surface area (Å²) < 4.78 is 6.61. The van der Waals surface area contributed by atoms with Gasteiger partial charge >= 0.3 is 0 Å². The van der Waals surface area contributed by atoms with Gasteiger partial charge in [-0.3, -0.25) is 4.90 Å². The van der Waals surface area contributed by atoms with Crippen molar-refractivity contribution in [3.05, 3.63) is 66.0 Å². The van der Waals surface area contributed by atoms with E-state index in [1.807, 2.05) is 30.3 Å². The summed E-state index contributed by atoms with van der Waals surface area (Å²) in [6, 6.07) is 15.4. The Morgan fingerprint density at radius 2 is 1.69 bits per heavy atom. The molecule has 0 aromatic heterocycles. The Hall–Kier alpha value is -1.71. The number of para-hydroxylation sites is 2. The molecule has 1 N–H and O–H groups in total. The quantitative estimate of drug-likeness (QED) is 0.598. The van der Waals surface area contributed by atoms with Gasteiger partial charge in [-0.15, -0.1) is 0 Å². The zero-order chi connectivity index (χ0) is 21.1. The number of hydrogen-bond acceptors (Lipinski definition) is 3. The molecule has 1 fully saturated rings. The van der Waals surface area contributed by atoms with Gasteiger partial charge in [0, 0.05) is 22.9 Å². The molecule has 4 heteroatoms. The minimum absolute atomic E-state index is 0.111. The van der Waals surface area contributed by atoms with Gasteiger partial charge in [-0.25, -0.2) is 0 Å². The molecule has 2 aromatic rings. The van der Waals surface area contributed by atoms with E-state index in [4.69, 9.17) is 16.3 Å². The molecular formula is C25H33ClNO2. The number of aromatic hydroxyl groups is 1. The molecule has 29 heavy (non-hydrogen) atoms. The van der Waals surface area contributed by atoms with E-state index in [-0.39, 0.29) is 11.2 Å². The summed E-state index contributed by atoms with van der Waals surface area (Å²) in [5.74, 6) is 1.12.